The van der Waals surface area contributed by atoms with Gasteiger partial charge in [-0.2, -0.15) is 0 Å². The van der Waals surface area contributed by atoms with Gasteiger partial charge in [-0.3, -0.25) is 57.7 Å². The highest BCUT2D eigenvalue weighted by atomic mass is 32.1. The number of hydrogen-bond acceptors (Lipinski definition) is 17. The smallest absolute Gasteiger partial charge is 0.407 e. The molecule has 25 nitrogen and oxygen atoms in total. The van der Waals surface area contributed by atoms with Crippen molar-refractivity contribution in [3.8, 4) is 5.75 Å². The predicted octanol–water partition coefficient (Wildman–Crippen LogP) is 5.61. The van der Waals surface area contributed by atoms with E-state index in [0.29, 0.717) is 24.8 Å². The number of anilines is 1. The number of ether oxygens (including phenoxy) is 2. The molecule has 1 aliphatic rings. The third kappa shape index (κ3) is 24.0. The minimum atomic E-state index is -1.11. The number of rotatable bonds is 35. The molecule has 9 amide bonds. The summed E-state index contributed by atoms with van der Waals surface area (Å²) in [7, 11) is 5.21. The largest absolute Gasteiger partial charge is 0.506 e. The van der Waals surface area contributed by atoms with Crippen molar-refractivity contribution in [1.29, 1.82) is 0 Å². The number of carbonyl (C=O) groups is 11. The van der Waals surface area contributed by atoms with Gasteiger partial charge in [0.15, 0.2) is 6.10 Å². The van der Waals surface area contributed by atoms with E-state index in [2.05, 4.69) is 36.9 Å². The molecule has 0 fully saturated rings. The molecule has 26 heteroatoms. The molecule has 484 valence electrons. The first-order valence-corrected chi connectivity index (χ1v) is 30.5. The highest BCUT2D eigenvalue weighted by molar-refractivity contribution is 7.09. The van der Waals surface area contributed by atoms with E-state index in [0.717, 1.165) is 28.4 Å². The molecular weight excluding hydrogens is 1140 g/mol. The first-order chi connectivity index (χ1) is 40.6. The molecule has 2 unspecified atom stereocenters. The number of hydrogen-bond donors (Lipinski definition) is 8. The zero-order valence-electron chi connectivity index (χ0n) is 53.3. The number of phenols is 1. The van der Waals surface area contributed by atoms with E-state index in [4.69, 9.17) is 9.47 Å². The zero-order valence-corrected chi connectivity index (χ0v) is 54.1. The Balaban J connectivity index is 1.73. The summed E-state index contributed by atoms with van der Waals surface area (Å²) < 4.78 is 11.1. The fourth-order valence-electron chi connectivity index (χ4n) is 9.34. The first kappa shape index (κ1) is 73.8. The predicted molar refractivity (Wildman–Crippen MR) is 327 cm³/mol. The van der Waals surface area contributed by atoms with Crippen LogP contribution in [0.1, 0.15) is 168 Å². The van der Waals surface area contributed by atoms with Gasteiger partial charge in [0, 0.05) is 82.5 Å². The number of aromatic hydroxyl groups is 1. The van der Waals surface area contributed by atoms with Crippen LogP contribution in [0, 0.1) is 23.7 Å². The lowest BCUT2D eigenvalue weighted by Crippen LogP contribution is -2.60. The molecule has 1 aromatic carbocycles. The van der Waals surface area contributed by atoms with Crippen LogP contribution in [-0.2, 0) is 59.0 Å². The number of esters is 1. The quantitative estimate of drug-likeness (QED) is 0.0180. The normalized spacial score (nSPS) is 15.3. The van der Waals surface area contributed by atoms with Gasteiger partial charge in [-0.1, -0.05) is 54.0 Å². The van der Waals surface area contributed by atoms with Crippen LogP contribution in [0.15, 0.2) is 35.7 Å². The van der Waals surface area contributed by atoms with Crippen LogP contribution >= 0.6 is 11.3 Å². The number of carbonyl (C=O) groups excluding carboxylic acids is 10. The van der Waals surface area contributed by atoms with Gasteiger partial charge in [-0.05, 0) is 123 Å². The molecule has 0 saturated heterocycles. The number of thiazole rings is 1. The monoisotopic (exact) mass is 1240 g/mol. The number of alkyl carbamates (subject to hydrolysis) is 1. The van der Waals surface area contributed by atoms with E-state index in [1.54, 1.807) is 78.6 Å². The minimum Gasteiger partial charge on any atom is -0.506 e. The average Bonchev–Trinajstić information content (AvgIpc) is 2.36. The molecule has 0 saturated carbocycles. The lowest BCUT2D eigenvalue weighted by Gasteiger charge is -2.38. The van der Waals surface area contributed by atoms with Crippen LogP contribution in [0.3, 0.4) is 0 Å². The van der Waals surface area contributed by atoms with Crippen LogP contribution in [0.25, 0.3) is 0 Å². The first-order valence-electron chi connectivity index (χ1n) is 29.7. The summed E-state index contributed by atoms with van der Waals surface area (Å²) in [6.45, 7) is 21.2. The maximum Gasteiger partial charge on any atom is 0.407 e. The van der Waals surface area contributed by atoms with Crippen LogP contribution in [0.5, 0.6) is 5.75 Å². The summed E-state index contributed by atoms with van der Waals surface area (Å²) in [5, 5.41) is 39.3. The van der Waals surface area contributed by atoms with E-state index < -0.39 is 107 Å². The third-order valence-electron chi connectivity index (χ3n) is 15.3. The van der Waals surface area contributed by atoms with Gasteiger partial charge < -0.3 is 56.5 Å². The van der Waals surface area contributed by atoms with Gasteiger partial charge in [0.2, 0.25) is 29.5 Å². The number of benzene rings is 1. The molecule has 0 spiro atoms. The number of amides is 9. The number of aromatic nitrogens is 1. The number of imide groups is 1. The Hall–Kier alpha value is -7.48. The molecule has 2 aromatic rings. The second-order valence-corrected chi connectivity index (χ2v) is 25.3. The summed E-state index contributed by atoms with van der Waals surface area (Å²) in [6.07, 6.45) is 2.41. The summed E-state index contributed by atoms with van der Waals surface area (Å²) >= 11 is 1.07. The van der Waals surface area contributed by atoms with Gasteiger partial charge in [-0.15, -0.1) is 11.3 Å². The second kappa shape index (κ2) is 34.2. The van der Waals surface area contributed by atoms with Crippen molar-refractivity contribution in [2.75, 3.05) is 46.1 Å². The maximum atomic E-state index is 14.3. The Labute approximate surface area is 515 Å². The third-order valence-corrected chi connectivity index (χ3v) is 16.2. The topological polar surface area (TPSA) is 341 Å². The Morgan fingerprint density at radius 1 is 0.793 bits per heavy atom. The number of carboxylic acid groups (broad SMARTS) is 1. The number of phenolic OH excluding ortho intramolecular Hbond substituents is 1. The number of nitrogens with zero attached hydrogens (tertiary/aromatic N) is 4. The molecule has 8 atom stereocenters. The van der Waals surface area contributed by atoms with Gasteiger partial charge in [0.25, 0.3) is 17.7 Å². The number of likely N-dealkylation sites (N-methyl/N-ethyl adjacent to an activating group) is 2. The van der Waals surface area contributed by atoms with Crippen LogP contribution < -0.4 is 31.9 Å². The zero-order chi connectivity index (χ0) is 65.7. The fourth-order valence-corrected chi connectivity index (χ4v) is 10.2. The minimum absolute atomic E-state index is 0.0164. The number of aliphatic carboxylic acids is 1. The SMILES string of the molecule is CC[C@H](C)[C@H](NC(=O)C(C)(C)N(C)C)C(=O)N(C)[C@H](C[C@@H](OC(C)=O)c1nc(C(=O)N[C@@H](Cc2ccc(O)c(NC(=O)CCCNC(=O)[C@@H](NC(=O)CCCN3C(=O)C=CC3=O)C(C)CCCNC(=O)OC(C)(C)C)c2)CC(C)C(=O)O)cs1)C(C)C. The maximum absolute atomic E-state index is 14.3. The summed E-state index contributed by atoms with van der Waals surface area (Å²) in [6, 6.07) is 1.20. The lowest BCUT2D eigenvalue weighted by molar-refractivity contribution is -0.149. The molecule has 8 N–H and O–H groups in total. The number of nitrogens with one attached hydrogen (secondary N) is 6. The Kier molecular flexibility index (Phi) is 29.0. The molecule has 1 aromatic heterocycles. The molecule has 0 bridgehead atoms. The van der Waals surface area contributed by atoms with E-state index in [1.807, 2.05) is 27.7 Å². The van der Waals surface area contributed by atoms with Crippen molar-refractivity contribution >= 4 is 82.3 Å². The van der Waals surface area contributed by atoms with Crippen LogP contribution in [0.4, 0.5) is 10.5 Å². The molecule has 3 rings (SSSR count). The van der Waals surface area contributed by atoms with Crippen LogP contribution in [0.2, 0.25) is 0 Å². The van der Waals surface area contributed by atoms with Gasteiger partial charge in [0.05, 0.1) is 17.1 Å². The summed E-state index contributed by atoms with van der Waals surface area (Å²) in [4.78, 5) is 152. The molecule has 1 aliphatic heterocycles. The Morgan fingerprint density at radius 3 is 2.01 bits per heavy atom. The lowest BCUT2D eigenvalue weighted by atomic mass is 9.92. The van der Waals surface area contributed by atoms with Crippen LogP contribution in [-0.4, -0.2) is 171 Å². The van der Waals surface area contributed by atoms with E-state index in [1.165, 1.54) is 31.4 Å². The fraction of sp³-hybridized carbons (Fsp3) is 0.639. The van der Waals surface area contributed by atoms with Crippen molar-refractivity contribution in [1.82, 2.24) is 46.3 Å². The molecule has 0 radical (unpaired) electrons. The highest BCUT2D eigenvalue weighted by Gasteiger charge is 2.39. The summed E-state index contributed by atoms with van der Waals surface area (Å²) in [5.41, 5.74) is -1.10. The van der Waals surface area contributed by atoms with Gasteiger partial charge in [0.1, 0.15) is 34.1 Å². The average molecular weight is 1240 g/mol. The number of carboxylic acids is 1. The van der Waals surface area contributed by atoms with Crippen molar-refractivity contribution in [2.24, 2.45) is 23.7 Å². The van der Waals surface area contributed by atoms with Crippen molar-refractivity contribution in [3.63, 3.8) is 0 Å². The van der Waals surface area contributed by atoms with Gasteiger partial charge >= 0.3 is 18.0 Å². The Bertz CT molecular complexity index is 2760. The van der Waals surface area contributed by atoms with E-state index in [-0.39, 0.29) is 110 Å². The molecule has 2 heterocycles. The molecule has 0 aliphatic carbocycles. The van der Waals surface area contributed by atoms with Gasteiger partial charge in [-0.25, -0.2) is 9.78 Å². The van der Waals surface area contributed by atoms with Crippen molar-refractivity contribution in [2.45, 2.75) is 189 Å². The van der Waals surface area contributed by atoms with E-state index >= 15 is 0 Å². The molecular formula is C61H94N10O15S. The van der Waals surface area contributed by atoms with E-state index in [9.17, 15) is 63.0 Å². The summed E-state index contributed by atoms with van der Waals surface area (Å²) in [5.74, 6) is -7.50. The van der Waals surface area contributed by atoms with Crippen molar-refractivity contribution in [3.05, 3.63) is 52.0 Å². The highest BCUT2D eigenvalue weighted by Crippen LogP contribution is 2.32. The standard InChI is InChI=1S/C61H94N10O15S/c1-16-36(4)52(68-58(83)61(11,12)69(13)14)56(80)70(15)44(35(2)3)33-46(85-39(7)72)55-66-43(34-87-55)53(78)64-41(30-38(6)57(81)82)31-40-23-24-45(73)42(32-40)65-47(74)21-18-27-62-54(79)51(37(5)20-17-28-63-59(84)86-60(8,9)10)67-48(75)22-19-29-71-49(76)25-26-50(71)77/h23-26,32,34-38,41,44,46,51-52,73H,16-22,27-31,33H2,1-15H3,(H,62,79)(H,63,84)(H,64,78)(H,65,74)(H,67,75)(H,68,83)(H,81,82)/t36-,37?,38?,41+,44+,46+,51-,52-/m0/s1. The second-order valence-electron chi connectivity index (χ2n) is 24.5. The van der Waals surface area contributed by atoms with Crippen molar-refractivity contribution < 1.29 is 72.4 Å². The molecule has 87 heavy (non-hydrogen) atoms. The Morgan fingerprint density at radius 2 is 1.43 bits per heavy atom.